The number of halogens is 3. The van der Waals surface area contributed by atoms with Crippen molar-refractivity contribution in [1.29, 1.82) is 0 Å². The lowest BCUT2D eigenvalue weighted by atomic mass is 9.74. The number of piperidine rings is 1. The molecule has 1 saturated carbocycles. The normalized spacial score (nSPS) is 21.3. The van der Waals surface area contributed by atoms with E-state index in [9.17, 15) is 13.2 Å². The van der Waals surface area contributed by atoms with Crippen molar-refractivity contribution >= 4 is 29.0 Å². The Morgan fingerprint density at radius 2 is 1.97 bits per heavy atom. The molecule has 0 amide bonds. The topological polar surface area (TPSA) is 96.6 Å². The van der Waals surface area contributed by atoms with E-state index in [1.54, 1.807) is 0 Å². The number of nitrogens with two attached hydrogens (primary N) is 1. The molecular weight excluding hydrogens is 427 g/mol. The first-order chi connectivity index (χ1) is 14.8. The monoisotopic (exact) mass is 449 g/mol. The number of aromatic amines is 1. The molecule has 1 aliphatic carbocycles. The number of hydrogen-bond acceptors (Lipinski definition) is 7. The summed E-state index contributed by atoms with van der Waals surface area (Å²) in [6.45, 7) is 1.72. The van der Waals surface area contributed by atoms with Crippen LogP contribution in [-0.4, -0.2) is 44.1 Å². The van der Waals surface area contributed by atoms with Crippen molar-refractivity contribution in [3.63, 3.8) is 0 Å². The molecule has 2 fully saturated rings. The molecule has 0 unspecified atom stereocenters. The largest absolute Gasteiger partial charge is 0.434 e. The molecule has 2 aliphatic rings. The van der Waals surface area contributed by atoms with Crippen LogP contribution in [-0.2, 0) is 6.18 Å². The van der Waals surface area contributed by atoms with Crippen LogP contribution in [0.2, 0.25) is 0 Å². The first-order valence-corrected chi connectivity index (χ1v) is 11.1. The molecule has 1 atom stereocenters. The molecule has 1 spiro atoms. The minimum Gasteiger partial charge on any atom is -0.342 e. The summed E-state index contributed by atoms with van der Waals surface area (Å²) in [6, 6.07) is 3.13. The second kappa shape index (κ2) is 7.63. The van der Waals surface area contributed by atoms with Crippen LogP contribution in [0.1, 0.15) is 37.8 Å². The van der Waals surface area contributed by atoms with E-state index in [1.807, 2.05) is 0 Å². The minimum atomic E-state index is -4.53. The van der Waals surface area contributed by atoms with Crippen molar-refractivity contribution in [2.45, 2.75) is 54.2 Å². The van der Waals surface area contributed by atoms with Crippen LogP contribution < -0.4 is 10.6 Å². The van der Waals surface area contributed by atoms with Gasteiger partial charge in [0.05, 0.1) is 6.20 Å². The Morgan fingerprint density at radius 3 is 2.68 bits per heavy atom. The average Bonchev–Trinajstić information content (AvgIpc) is 3.32. The molecule has 3 aromatic heterocycles. The number of nitrogens with one attached hydrogen (secondary N) is 1. The predicted octanol–water partition coefficient (Wildman–Crippen LogP) is 4.02. The molecule has 3 N–H and O–H groups in total. The van der Waals surface area contributed by atoms with Crippen molar-refractivity contribution in [2.24, 2.45) is 11.1 Å². The highest BCUT2D eigenvalue weighted by molar-refractivity contribution is 7.99. The van der Waals surface area contributed by atoms with E-state index >= 15 is 0 Å². The summed E-state index contributed by atoms with van der Waals surface area (Å²) in [4.78, 5) is 22.1. The molecule has 5 rings (SSSR count). The first-order valence-electron chi connectivity index (χ1n) is 10.3. The van der Waals surface area contributed by atoms with Gasteiger partial charge in [0.1, 0.15) is 5.03 Å². The highest BCUT2D eigenvalue weighted by Gasteiger charge is 2.43. The molecular formula is C20H22F3N7S. The quantitative estimate of drug-likeness (QED) is 0.623. The maximum atomic E-state index is 13.2. The number of alkyl halides is 3. The third-order valence-corrected chi connectivity index (χ3v) is 7.42. The predicted molar refractivity (Wildman–Crippen MR) is 111 cm³/mol. The van der Waals surface area contributed by atoms with Crippen molar-refractivity contribution < 1.29 is 13.2 Å². The Kier molecular flexibility index (Phi) is 5.04. The van der Waals surface area contributed by atoms with Gasteiger partial charge in [-0.25, -0.2) is 9.97 Å². The summed E-state index contributed by atoms with van der Waals surface area (Å²) in [5.41, 5.74) is 6.59. The van der Waals surface area contributed by atoms with Gasteiger partial charge in [-0.1, -0.05) is 18.2 Å². The summed E-state index contributed by atoms with van der Waals surface area (Å²) in [7, 11) is 0. The summed E-state index contributed by atoms with van der Waals surface area (Å²) in [5.74, 6) is 0.691. The first kappa shape index (κ1) is 20.5. The number of anilines is 1. The summed E-state index contributed by atoms with van der Waals surface area (Å²) in [6.07, 6.45) is 3.61. The Balaban J connectivity index is 1.35. The van der Waals surface area contributed by atoms with Gasteiger partial charge in [-0.05, 0) is 43.2 Å². The fourth-order valence-corrected chi connectivity index (χ4v) is 5.59. The van der Waals surface area contributed by atoms with Crippen LogP contribution in [0, 0.1) is 5.41 Å². The number of H-pyrrole nitrogens is 1. The fraction of sp³-hybridized carbons (Fsp3) is 0.500. The lowest BCUT2D eigenvalue weighted by Crippen LogP contribution is -2.47. The van der Waals surface area contributed by atoms with Crippen molar-refractivity contribution in [3.8, 4) is 0 Å². The Morgan fingerprint density at radius 1 is 1.16 bits per heavy atom. The van der Waals surface area contributed by atoms with Gasteiger partial charge in [-0.3, -0.25) is 4.98 Å². The Bertz CT molecular complexity index is 1090. The summed E-state index contributed by atoms with van der Waals surface area (Å²) >= 11 is 0.882. The van der Waals surface area contributed by atoms with Crippen molar-refractivity contribution in [2.75, 3.05) is 18.0 Å². The van der Waals surface area contributed by atoms with Crippen LogP contribution in [0.3, 0.4) is 0 Å². The Labute approximate surface area is 181 Å². The number of hydrogen-bond donors (Lipinski definition) is 2. The molecule has 7 nitrogen and oxygen atoms in total. The highest BCUT2D eigenvalue weighted by Crippen LogP contribution is 2.46. The summed E-state index contributed by atoms with van der Waals surface area (Å²) in [5, 5.41) is 0.343. The number of nitrogens with zero attached hydrogens (tertiary/aromatic N) is 5. The molecule has 0 aromatic carbocycles. The number of fused-ring (bicyclic) bond motifs is 1. The van der Waals surface area contributed by atoms with Crippen LogP contribution in [0.15, 0.2) is 34.4 Å². The van der Waals surface area contributed by atoms with Gasteiger partial charge in [0.15, 0.2) is 17.0 Å². The molecule has 1 saturated heterocycles. The lowest BCUT2D eigenvalue weighted by molar-refractivity contribution is -0.143. The van der Waals surface area contributed by atoms with Gasteiger partial charge in [0, 0.05) is 30.2 Å². The van der Waals surface area contributed by atoms with Gasteiger partial charge < -0.3 is 15.6 Å². The maximum Gasteiger partial charge on any atom is 0.434 e. The second-order valence-electron chi connectivity index (χ2n) is 8.24. The van der Waals surface area contributed by atoms with Gasteiger partial charge in [0.2, 0.25) is 5.95 Å². The van der Waals surface area contributed by atoms with Crippen LogP contribution in [0.4, 0.5) is 19.1 Å². The zero-order valence-corrected chi connectivity index (χ0v) is 17.5. The third-order valence-electron chi connectivity index (χ3n) is 6.46. The average molecular weight is 450 g/mol. The van der Waals surface area contributed by atoms with Crippen molar-refractivity contribution in [3.05, 3.63) is 30.2 Å². The maximum absolute atomic E-state index is 13.2. The fourth-order valence-electron chi connectivity index (χ4n) is 4.71. The van der Waals surface area contributed by atoms with Crippen LogP contribution in [0.25, 0.3) is 11.3 Å². The van der Waals surface area contributed by atoms with Gasteiger partial charge >= 0.3 is 6.18 Å². The molecule has 1 aliphatic heterocycles. The number of imidazole rings is 1. The molecule has 0 bridgehead atoms. The highest BCUT2D eigenvalue weighted by atomic mass is 32.2. The van der Waals surface area contributed by atoms with Gasteiger partial charge in [-0.15, -0.1) is 0 Å². The molecule has 0 radical (unpaired) electrons. The summed E-state index contributed by atoms with van der Waals surface area (Å²) < 4.78 is 39.6. The van der Waals surface area contributed by atoms with E-state index < -0.39 is 11.9 Å². The van der Waals surface area contributed by atoms with E-state index in [0.717, 1.165) is 50.3 Å². The lowest BCUT2D eigenvalue weighted by Gasteiger charge is -2.42. The van der Waals surface area contributed by atoms with E-state index in [1.165, 1.54) is 31.2 Å². The molecule has 11 heteroatoms. The van der Waals surface area contributed by atoms with Crippen molar-refractivity contribution in [1.82, 2.24) is 24.9 Å². The number of pyridine rings is 1. The van der Waals surface area contributed by atoms with E-state index in [-0.39, 0.29) is 16.4 Å². The van der Waals surface area contributed by atoms with Gasteiger partial charge in [0.25, 0.3) is 0 Å². The number of rotatable bonds is 3. The van der Waals surface area contributed by atoms with Crippen LogP contribution in [0.5, 0.6) is 0 Å². The number of aromatic nitrogens is 5. The molecule has 31 heavy (non-hydrogen) atoms. The van der Waals surface area contributed by atoms with Gasteiger partial charge in [-0.2, -0.15) is 18.2 Å². The zero-order valence-electron chi connectivity index (χ0n) is 16.7. The second-order valence-corrected chi connectivity index (χ2v) is 9.30. The Hall–Kier alpha value is -2.40. The third kappa shape index (κ3) is 3.84. The smallest absolute Gasteiger partial charge is 0.342 e. The molecule has 164 valence electrons. The van der Waals surface area contributed by atoms with E-state index in [0.29, 0.717) is 22.3 Å². The zero-order chi connectivity index (χ0) is 21.6. The molecule has 3 aromatic rings. The standard InChI is InChI=1S/C20H22F3N7S/c21-20(22,23)15-12(3-2-8-25-15)31-14-11-26-16-17(27-14)29-18(28-16)30-9-6-19(7-10-30)5-1-4-13(19)24/h2-3,8,11,13H,1,4-7,9-10,24H2,(H,26,27,28,29)/t13-/m1/s1. The van der Waals surface area contributed by atoms with E-state index in [4.69, 9.17) is 5.73 Å². The molecule has 4 heterocycles. The minimum absolute atomic E-state index is 0.0161. The van der Waals surface area contributed by atoms with Crippen LogP contribution >= 0.6 is 11.8 Å². The van der Waals surface area contributed by atoms with E-state index in [2.05, 4.69) is 29.8 Å². The SMILES string of the molecule is N[C@@H]1CCCC12CCN(c1nc3ncc(Sc4cccnc4C(F)(F)F)nc3[nH]1)CC2.